The first kappa shape index (κ1) is 18.1. The van der Waals surface area contributed by atoms with Crippen molar-refractivity contribution < 1.29 is 17.3 Å². The number of aryl methyl sites for hydroxylation is 1. The van der Waals surface area contributed by atoms with Crippen LogP contribution in [-0.4, -0.2) is 27.2 Å². The number of hydrogen-bond donors (Lipinski definition) is 0. The summed E-state index contributed by atoms with van der Waals surface area (Å²) in [6.45, 7) is 8.87. The summed E-state index contributed by atoms with van der Waals surface area (Å²) >= 11 is 0. The van der Waals surface area contributed by atoms with Crippen LogP contribution in [0, 0.1) is 6.92 Å². The van der Waals surface area contributed by atoms with Crippen molar-refractivity contribution in [3.8, 4) is 0 Å². The quantitative estimate of drug-likeness (QED) is 0.542. The molecule has 1 aromatic carbocycles. The molecular formula is C16H26O4S. The number of rotatable bonds is 8. The van der Waals surface area contributed by atoms with Gasteiger partial charge in [-0.1, -0.05) is 17.7 Å². The van der Waals surface area contributed by atoms with Crippen LogP contribution in [0.3, 0.4) is 0 Å². The predicted molar refractivity (Wildman–Crippen MR) is 83.9 cm³/mol. The minimum Gasteiger partial charge on any atom is -0.376 e. The zero-order valence-corrected chi connectivity index (χ0v) is 14.2. The van der Waals surface area contributed by atoms with Crippen LogP contribution in [0.5, 0.6) is 0 Å². The third kappa shape index (κ3) is 7.60. The molecule has 120 valence electrons. The van der Waals surface area contributed by atoms with Crippen molar-refractivity contribution >= 4 is 10.1 Å². The highest BCUT2D eigenvalue weighted by atomic mass is 32.2. The number of hydrogen-bond acceptors (Lipinski definition) is 4. The second-order valence-electron chi connectivity index (χ2n) is 6.11. The van der Waals surface area contributed by atoms with Crippen LogP contribution >= 0.6 is 0 Å². The van der Waals surface area contributed by atoms with Gasteiger partial charge in [-0.25, -0.2) is 0 Å². The summed E-state index contributed by atoms with van der Waals surface area (Å²) in [4.78, 5) is 0.212. The van der Waals surface area contributed by atoms with Gasteiger partial charge in [-0.05, 0) is 59.1 Å². The fourth-order valence-electron chi connectivity index (χ4n) is 1.70. The van der Waals surface area contributed by atoms with Crippen LogP contribution in [0.25, 0.3) is 0 Å². The molecule has 0 spiro atoms. The van der Waals surface area contributed by atoms with Crippen LogP contribution in [0.4, 0.5) is 0 Å². The average Bonchev–Trinajstić information content (AvgIpc) is 2.36. The van der Waals surface area contributed by atoms with Gasteiger partial charge in [0, 0.05) is 6.61 Å². The van der Waals surface area contributed by atoms with Gasteiger partial charge in [0.2, 0.25) is 0 Å². The van der Waals surface area contributed by atoms with Crippen LogP contribution in [0.15, 0.2) is 29.2 Å². The van der Waals surface area contributed by atoms with Gasteiger partial charge < -0.3 is 4.74 Å². The van der Waals surface area contributed by atoms with Crippen molar-refractivity contribution in [2.75, 3.05) is 13.2 Å². The van der Waals surface area contributed by atoms with Crippen LogP contribution in [0.2, 0.25) is 0 Å². The summed E-state index contributed by atoms with van der Waals surface area (Å²) in [5, 5.41) is 0. The fourth-order valence-corrected chi connectivity index (χ4v) is 2.64. The number of benzene rings is 1. The van der Waals surface area contributed by atoms with Crippen molar-refractivity contribution in [1.29, 1.82) is 0 Å². The molecule has 0 saturated heterocycles. The third-order valence-corrected chi connectivity index (χ3v) is 4.20. The zero-order chi connectivity index (χ0) is 15.9. The first-order valence-electron chi connectivity index (χ1n) is 7.31. The monoisotopic (exact) mass is 314 g/mol. The summed E-state index contributed by atoms with van der Waals surface area (Å²) in [5.74, 6) is 0. The van der Waals surface area contributed by atoms with E-state index in [1.165, 1.54) is 0 Å². The summed E-state index contributed by atoms with van der Waals surface area (Å²) in [6.07, 6.45) is 2.50. The Balaban J connectivity index is 2.24. The number of ether oxygens (including phenoxy) is 1. The molecule has 1 aromatic rings. The van der Waals surface area contributed by atoms with Gasteiger partial charge in [-0.3, -0.25) is 4.18 Å². The summed E-state index contributed by atoms with van der Waals surface area (Å²) < 4.78 is 34.5. The Morgan fingerprint density at radius 3 is 2.10 bits per heavy atom. The van der Waals surface area contributed by atoms with Crippen LogP contribution < -0.4 is 0 Å². The molecule has 4 nitrogen and oxygen atoms in total. The lowest BCUT2D eigenvalue weighted by Crippen LogP contribution is -2.19. The highest BCUT2D eigenvalue weighted by molar-refractivity contribution is 7.86. The molecule has 0 saturated carbocycles. The highest BCUT2D eigenvalue weighted by Crippen LogP contribution is 2.14. The predicted octanol–water partition coefficient (Wildman–Crippen LogP) is 3.69. The van der Waals surface area contributed by atoms with Gasteiger partial charge in [0.05, 0.1) is 17.1 Å². The second-order valence-corrected chi connectivity index (χ2v) is 7.73. The van der Waals surface area contributed by atoms with Gasteiger partial charge in [-0.15, -0.1) is 0 Å². The first-order valence-corrected chi connectivity index (χ1v) is 8.72. The van der Waals surface area contributed by atoms with Crippen molar-refractivity contribution in [2.24, 2.45) is 0 Å². The standard InChI is InChI=1S/C16H26O4S/c1-14-8-10-15(11-9-14)21(17,18)20-13-7-5-6-12-19-16(2,3)4/h8-11H,5-7,12-13H2,1-4H3. The minimum absolute atomic E-state index is 0.120. The van der Waals surface area contributed by atoms with Gasteiger partial charge in [0.15, 0.2) is 0 Å². The Bertz CT molecular complexity index is 512. The third-order valence-electron chi connectivity index (χ3n) is 2.87. The Morgan fingerprint density at radius 1 is 0.952 bits per heavy atom. The molecular weight excluding hydrogens is 288 g/mol. The lowest BCUT2D eigenvalue weighted by atomic mass is 10.2. The fraction of sp³-hybridized carbons (Fsp3) is 0.625. The molecule has 0 aliphatic rings. The van der Waals surface area contributed by atoms with E-state index in [2.05, 4.69) is 0 Å². The first-order chi connectivity index (χ1) is 9.71. The second kappa shape index (κ2) is 7.92. The van der Waals surface area contributed by atoms with Crippen molar-refractivity contribution in [3.63, 3.8) is 0 Å². The maximum Gasteiger partial charge on any atom is 0.296 e. The molecule has 5 heteroatoms. The normalized spacial score (nSPS) is 12.6. The Kier molecular flexibility index (Phi) is 6.84. The smallest absolute Gasteiger partial charge is 0.296 e. The number of unbranched alkanes of at least 4 members (excludes halogenated alkanes) is 2. The van der Waals surface area contributed by atoms with Crippen molar-refractivity contribution in [3.05, 3.63) is 29.8 Å². The van der Waals surface area contributed by atoms with E-state index in [1.54, 1.807) is 24.3 Å². The van der Waals surface area contributed by atoms with E-state index < -0.39 is 10.1 Å². The lowest BCUT2D eigenvalue weighted by Gasteiger charge is -2.19. The molecule has 0 atom stereocenters. The Labute approximate surface area is 128 Å². The molecule has 0 aromatic heterocycles. The highest BCUT2D eigenvalue weighted by Gasteiger charge is 2.14. The van der Waals surface area contributed by atoms with Gasteiger partial charge in [0.1, 0.15) is 0 Å². The SMILES string of the molecule is Cc1ccc(S(=O)(=O)OCCCCCOC(C)(C)C)cc1. The van der Waals surface area contributed by atoms with E-state index in [0.29, 0.717) is 13.0 Å². The molecule has 0 N–H and O–H groups in total. The van der Waals surface area contributed by atoms with Crippen LogP contribution in [-0.2, 0) is 19.0 Å². The molecule has 0 unspecified atom stereocenters. The molecule has 0 radical (unpaired) electrons. The Hall–Kier alpha value is -0.910. The van der Waals surface area contributed by atoms with Gasteiger partial charge in [-0.2, -0.15) is 8.42 Å². The van der Waals surface area contributed by atoms with E-state index in [-0.39, 0.29) is 17.1 Å². The maximum atomic E-state index is 11.9. The lowest BCUT2D eigenvalue weighted by molar-refractivity contribution is -0.00489. The minimum atomic E-state index is -3.62. The van der Waals surface area contributed by atoms with Crippen LogP contribution in [0.1, 0.15) is 45.6 Å². The molecule has 0 heterocycles. The topological polar surface area (TPSA) is 52.6 Å². The van der Waals surface area contributed by atoms with E-state index in [4.69, 9.17) is 8.92 Å². The summed E-state index contributed by atoms with van der Waals surface area (Å²) in [7, 11) is -3.62. The zero-order valence-electron chi connectivity index (χ0n) is 13.4. The molecule has 0 amide bonds. The van der Waals surface area contributed by atoms with E-state index in [0.717, 1.165) is 18.4 Å². The average molecular weight is 314 g/mol. The molecule has 21 heavy (non-hydrogen) atoms. The van der Waals surface area contributed by atoms with E-state index in [9.17, 15) is 8.42 Å². The molecule has 0 aliphatic carbocycles. The van der Waals surface area contributed by atoms with Crippen molar-refractivity contribution in [2.45, 2.75) is 57.5 Å². The largest absolute Gasteiger partial charge is 0.376 e. The molecule has 0 aliphatic heterocycles. The molecule has 0 bridgehead atoms. The summed E-state index contributed by atoms with van der Waals surface area (Å²) in [6, 6.07) is 6.67. The van der Waals surface area contributed by atoms with Gasteiger partial charge >= 0.3 is 0 Å². The van der Waals surface area contributed by atoms with E-state index in [1.807, 2.05) is 27.7 Å². The molecule has 1 rings (SSSR count). The molecule has 0 fully saturated rings. The summed E-state index contributed by atoms with van der Waals surface area (Å²) in [5.41, 5.74) is 0.901. The maximum absolute atomic E-state index is 11.9. The van der Waals surface area contributed by atoms with Crippen molar-refractivity contribution in [1.82, 2.24) is 0 Å². The van der Waals surface area contributed by atoms with E-state index >= 15 is 0 Å². The van der Waals surface area contributed by atoms with Gasteiger partial charge in [0.25, 0.3) is 10.1 Å². The Morgan fingerprint density at radius 2 is 1.52 bits per heavy atom.